The van der Waals surface area contributed by atoms with Gasteiger partial charge in [0.05, 0.1) is 7.11 Å². The van der Waals surface area contributed by atoms with Gasteiger partial charge in [0.15, 0.2) is 6.73 Å². The highest BCUT2D eigenvalue weighted by Crippen LogP contribution is 2.16. The summed E-state index contributed by atoms with van der Waals surface area (Å²) in [7, 11) is 1.25. The van der Waals surface area contributed by atoms with Crippen molar-refractivity contribution in [2.45, 2.75) is 6.73 Å². The summed E-state index contributed by atoms with van der Waals surface area (Å²) >= 11 is 5.79. The standard InChI is InChI=1S/C14H14ClN3O4/c1-21-13(19)8-16-14(20)12-6-7-17-18(12)9-22-11-4-2-10(15)3-5-11/h2-7H,8-9H2,1H3,(H,16,20). The molecule has 1 N–H and O–H groups in total. The third-order valence-electron chi connectivity index (χ3n) is 2.74. The van der Waals surface area contributed by atoms with Crippen molar-refractivity contribution in [3.63, 3.8) is 0 Å². The van der Waals surface area contributed by atoms with Crippen molar-refractivity contribution in [2.24, 2.45) is 0 Å². The van der Waals surface area contributed by atoms with Crippen molar-refractivity contribution in [1.29, 1.82) is 0 Å². The summed E-state index contributed by atoms with van der Waals surface area (Å²) in [5, 5.41) is 7.05. The van der Waals surface area contributed by atoms with E-state index in [1.807, 2.05) is 0 Å². The summed E-state index contributed by atoms with van der Waals surface area (Å²) in [5.41, 5.74) is 0.276. The van der Waals surface area contributed by atoms with Gasteiger partial charge in [-0.15, -0.1) is 0 Å². The molecule has 2 rings (SSSR count). The van der Waals surface area contributed by atoms with Crippen molar-refractivity contribution in [3.8, 4) is 5.75 Å². The van der Waals surface area contributed by atoms with E-state index in [4.69, 9.17) is 16.3 Å². The molecule has 0 saturated carbocycles. The van der Waals surface area contributed by atoms with Crippen LogP contribution in [0.15, 0.2) is 36.5 Å². The number of methoxy groups -OCH3 is 1. The Labute approximate surface area is 131 Å². The van der Waals surface area contributed by atoms with Gasteiger partial charge in [-0.25, -0.2) is 4.68 Å². The smallest absolute Gasteiger partial charge is 0.325 e. The second-order valence-corrected chi connectivity index (χ2v) is 4.64. The molecule has 1 heterocycles. The lowest BCUT2D eigenvalue weighted by molar-refractivity contribution is -0.139. The second-order valence-electron chi connectivity index (χ2n) is 4.20. The SMILES string of the molecule is COC(=O)CNC(=O)c1ccnn1COc1ccc(Cl)cc1. The largest absolute Gasteiger partial charge is 0.471 e. The normalized spacial score (nSPS) is 10.1. The maximum atomic E-state index is 12.0. The number of nitrogens with zero attached hydrogens (tertiary/aromatic N) is 2. The Morgan fingerprint density at radius 1 is 1.27 bits per heavy atom. The van der Waals surface area contributed by atoms with Gasteiger partial charge in [0.2, 0.25) is 0 Å². The van der Waals surface area contributed by atoms with Crippen LogP contribution in [0.25, 0.3) is 0 Å². The van der Waals surface area contributed by atoms with Crippen molar-refractivity contribution >= 4 is 23.5 Å². The van der Waals surface area contributed by atoms with Crippen LogP contribution in [0.4, 0.5) is 0 Å². The van der Waals surface area contributed by atoms with Gasteiger partial charge in [-0.2, -0.15) is 5.10 Å². The molecule has 0 aliphatic carbocycles. The first-order valence-electron chi connectivity index (χ1n) is 6.35. The van der Waals surface area contributed by atoms with E-state index in [1.165, 1.54) is 24.1 Å². The number of carbonyl (C=O) groups excluding carboxylic acids is 2. The molecule has 0 bridgehead atoms. The molecule has 1 amide bonds. The number of rotatable bonds is 6. The van der Waals surface area contributed by atoms with Crippen molar-refractivity contribution in [3.05, 3.63) is 47.2 Å². The first-order valence-corrected chi connectivity index (χ1v) is 6.73. The van der Waals surface area contributed by atoms with Gasteiger partial charge >= 0.3 is 5.97 Å². The summed E-state index contributed by atoms with van der Waals surface area (Å²) in [4.78, 5) is 23.0. The van der Waals surface area contributed by atoms with Crippen molar-refractivity contribution in [1.82, 2.24) is 15.1 Å². The van der Waals surface area contributed by atoms with Crippen LogP contribution in [-0.2, 0) is 16.3 Å². The fourth-order valence-electron chi connectivity index (χ4n) is 1.61. The van der Waals surface area contributed by atoms with Crippen molar-refractivity contribution < 1.29 is 19.1 Å². The Hall–Kier alpha value is -2.54. The number of hydrogen-bond acceptors (Lipinski definition) is 5. The fraction of sp³-hybridized carbons (Fsp3) is 0.214. The minimum Gasteiger partial charge on any atom is -0.471 e. The van der Waals surface area contributed by atoms with Crippen LogP contribution in [0.2, 0.25) is 5.02 Å². The maximum Gasteiger partial charge on any atom is 0.325 e. The van der Waals surface area contributed by atoms with Crippen molar-refractivity contribution in [2.75, 3.05) is 13.7 Å². The van der Waals surface area contributed by atoms with Crippen LogP contribution in [0, 0.1) is 0 Å². The van der Waals surface area contributed by atoms with Crippen LogP contribution < -0.4 is 10.1 Å². The average molecular weight is 324 g/mol. The molecule has 7 nitrogen and oxygen atoms in total. The van der Waals surface area contributed by atoms with E-state index in [2.05, 4.69) is 15.2 Å². The molecule has 0 aliphatic heterocycles. The van der Waals surface area contributed by atoms with Gasteiger partial charge in [-0.05, 0) is 30.3 Å². The topological polar surface area (TPSA) is 82.5 Å². The number of hydrogen-bond donors (Lipinski definition) is 1. The first-order chi connectivity index (χ1) is 10.6. The molecular formula is C14H14ClN3O4. The highest BCUT2D eigenvalue weighted by molar-refractivity contribution is 6.30. The van der Waals surface area contributed by atoms with E-state index < -0.39 is 11.9 Å². The van der Waals surface area contributed by atoms with Crippen LogP contribution in [0.1, 0.15) is 10.5 Å². The second kappa shape index (κ2) is 7.46. The molecule has 0 fully saturated rings. The summed E-state index contributed by atoms with van der Waals surface area (Å²) in [6.07, 6.45) is 1.47. The molecule has 0 saturated heterocycles. The summed E-state index contributed by atoms with van der Waals surface area (Å²) < 4.78 is 11.3. The molecule has 0 atom stereocenters. The summed E-state index contributed by atoms with van der Waals surface area (Å²) in [6, 6.07) is 8.34. The van der Waals surface area contributed by atoms with Gasteiger partial charge < -0.3 is 14.8 Å². The van der Waals surface area contributed by atoms with Gasteiger partial charge in [-0.1, -0.05) is 11.6 Å². The minimum atomic E-state index is -0.531. The lowest BCUT2D eigenvalue weighted by Crippen LogP contribution is -2.32. The summed E-state index contributed by atoms with van der Waals surface area (Å²) in [6.45, 7) is -0.159. The Morgan fingerprint density at radius 2 is 2.00 bits per heavy atom. The molecule has 0 aliphatic rings. The zero-order valence-corrected chi connectivity index (χ0v) is 12.5. The highest BCUT2D eigenvalue weighted by atomic mass is 35.5. The Bertz CT molecular complexity index is 654. The van der Waals surface area contributed by atoms with Gasteiger partial charge in [-0.3, -0.25) is 9.59 Å². The third kappa shape index (κ3) is 4.23. The molecule has 8 heteroatoms. The number of nitrogens with one attached hydrogen (secondary N) is 1. The fourth-order valence-corrected chi connectivity index (χ4v) is 1.74. The number of benzene rings is 1. The summed E-state index contributed by atoms with van der Waals surface area (Å²) in [5.74, 6) is -0.375. The predicted molar refractivity (Wildman–Crippen MR) is 78.7 cm³/mol. The van der Waals surface area contributed by atoms with E-state index in [0.29, 0.717) is 10.8 Å². The number of carbonyl (C=O) groups is 2. The van der Waals surface area contributed by atoms with Crippen LogP contribution in [-0.4, -0.2) is 35.3 Å². The minimum absolute atomic E-state index is 0.0512. The van der Waals surface area contributed by atoms with Gasteiger partial charge in [0.25, 0.3) is 5.91 Å². The van der Waals surface area contributed by atoms with Gasteiger partial charge in [0, 0.05) is 11.2 Å². The zero-order chi connectivity index (χ0) is 15.9. The first kappa shape index (κ1) is 15.8. The Kier molecular flexibility index (Phi) is 5.37. The quantitative estimate of drug-likeness (QED) is 0.814. The van der Waals surface area contributed by atoms with Crippen LogP contribution >= 0.6 is 11.6 Å². The molecule has 0 unspecified atom stereocenters. The number of amides is 1. The van der Waals surface area contributed by atoms with Crippen LogP contribution in [0.5, 0.6) is 5.75 Å². The third-order valence-corrected chi connectivity index (χ3v) is 2.99. The molecule has 22 heavy (non-hydrogen) atoms. The zero-order valence-electron chi connectivity index (χ0n) is 11.8. The molecule has 1 aromatic carbocycles. The number of ether oxygens (including phenoxy) is 2. The van der Waals surface area contributed by atoms with E-state index in [0.717, 1.165) is 0 Å². The average Bonchev–Trinajstić information content (AvgIpc) is 3.00. The molecular weight excluding hydrogens is 310 g/mol. The molecule has 0 spiro atoms. The predicted octanol–water partition coefficient (Wildman–Crippen LogP) is 1.48. The number of halogens is 1. The van der Waals surface area contributed by atoms with E-state index in [-0.39, 0.29) is 19.0 Å². The lowest BCUT2D eigenvalue weighted by Gasteiger charge is -2.09. The number of esters is 1. The maximum absolute atomic E-state index is 12.0. The van der Waals surface area contributed by atoms with Crippen LogP contribution in [0.3, 0.4) is 0 Å². The Morgan fingerprint density at radius 3 is 2.68 bits per heavy atom. The monoisotopic (exact) mass is 323 g/mol. The Balaban J connectivity index is 1.95. The number of aromatic nitrogens is 2. The van der Waals surface area contributed by atoms with Gasteiger partial charge in [0.1, 0.15) is 18.0 Å². The molecule has 0 radical (unpaired) electrons. The lowest BCUT2D eigenvalue weighted by atomic mass is 10.3. The van der Waals surface area contributed by atoms with E-state index >= 15 is 0 Å². The van der Waals surface area contributed by atoms with E-state index in [1.54, 1.807) is 24.3 Å². The molecule has 2 aromatic rings. The highest BCUT2D eigenvalue weighted by Gasteiger charge is 2.13. The van der Waals surface area contributed by atoms with E-state index in [9.17, 15) is 9.59 Å². The molecule has 116 valence electrons. The molecule has 1 aromatic heterocycles.